The third-order valence-corrected chi connectivity index (χ3v) is 3.49. The number of likely N-dealkylation sites (tertiary alicyclic amines) is 1. The summed E-state index contributed by atoms with van der Waals surface area (Å²) < 4.78 is 0. The minimum absolute atomic E-state index is 0.0613. The molecule has 1 amide bonds. The van der Waals surface area contributed by atoms with E-state index in [0.29, 0.717) is 0 Å². The zero-order chi connectivity index (χ0) is 12.3. The van der Waals surface area contributed by atoms with Crippen molar-refractivity contribution in [1.82, 2.24) is 10.2 Å². The van der Waals surface area contributed by atoms with Crippen molar-refractivity contribution in [1.29, 1.82) is 0 Å². The first-order valence-corrected chi connectivity index (χ1v) is 6.30. The fourth-order valence-corrected chi connectivity index (χ4v) is 2.61. The lowest BCUT2D eigenvalue weighted by molar-refractivity contribution is -0.119. The van der Waals surface area contributed by atoms with Crippen LogP contribution in [0.4, 0.5) is 0 Å². The van der Waals surface area contributed by atoms with Gasteiger partial charge in [0, 0.05) is 32.1 Å². The Bertz CT molecular complexity index is 240. The Morgan fingerprint density at radius 1 is 1.31 bits per heavy atom. The Morgan fingerprint density at radius 2 is 1.81 bits per heavy atom. The van der Waals surface area contributed by atoms with E-state index in [4.69, 9.17) is 0 Å². The third-order valence-electron chi connectivity index (χ3n) is 3.49. The van der Waals surface area contributed by atoms with E-state index in [0.717, 1.165) is 31.5 Å². The molecular formula is C13H26N2O. The van der Waals surface area contributed by atoms with Crippen molar-refractivity contribution in [3.05, 3.63) is 0 Å². The van der Waals surface area contributed by atoms with Gasteiger partial charge in [-0.2, -0.15) is 0 Å². The maximum Gasteiger partial charge on any atom is 0.216 e. The molecule has 1 fully saturated rings. The molecule has 1 rings (SSSR count). The Kier molecular flexibility index (Phi) is 4.36. The van der Waals surface area contributed by atoms with E-state index in [9.17, 15) is 4.79 Å². The van der Waals surface area contributed by atoms with Gasteiger partial charge in [-0.25, -0.2) is 0 Å². The second kappa shape index (κ2) is 5.17. The number of piperidine rings is 1. The number of carbonyl (C=O) groups excluding carboxylic acids is 1. The summed E-state index contributed by atoms with van der Waals surface area (Å²) in [7, 11) is 0. The lowest BCUT2D eigenvalue weighted by atomic mass is 9.88. The predicted molar refractivity (Wildman–Crippen MR) is 67.3 cm³/mol. The van der Waals surface area contributed by atoms with Crippen LogP contribution < -0.4 is 5.32 Å². The van der Waals surface area contributed by atoms with E-state index >= 15 is 0 Å². The largest absolute Gasteiger partial charge is 0.355 e. The van der Waals surface area contributed by atoms with Gasteiger partial charge in [0.1, 0.15) is 0 Å². The van der Waals surface area contributed by atoms with Gasteiger partial charge in [0.2, 0.25) is 5.91 Å². The van der Waals surface area contributed by atoms with Crippen LogP contribution in [0, 0.1) is 11.8 Å². The van der Waals surface area contributed by atoms with Gasteiger partial charge >= 0.3 is 0 Å². The maximum atomic E-state index is 11.0. The SMILES string of the molecule is CC(=O)NCC(C)(C)N1CC(C)CC(C)C1. The quantitative estimate of drug-likeness (QED) is 0.797. The number of nitrogens with zero attached hydrogens (tertiary/aromatic N) is 1. The summed E-state index contributed by atoms with van der Waals surface area (Å²) in [4.78, 5) is 13.5. The lowest BCUT2D eigenvalue weighted by Gasteiger charge is -2.45. The maximum absolute atomic E-state index is 11.0. The molecule has 0 aromatic heterocycles. The molecule has 0 aromatic rings. The van der Waals surface area contributed by atoms with Crippen molar-refractivity contribution in [2.45, 2.75) is 46.6 Å². The molecule has 16 heavy (non-hydrogen) atoms. The van der Waals surface area contributed by atoms with Crippen molar-refractivity contribution in [2.75, 3.05) is 19.6 Å². The highest BCUT2D eigenvalue weighted by molar-refractivity contribution is 5.72. The average Bonchev–Trinajstić information content (AvgIpc) is 2.13. The first-order chi connectivity index (χ1) is 7.31. The Hall–Kier alpha value is -0.570. The molecule has 94 valence electrons. The smallest absolute Gasteiger partial charge is 0.216 e. The van der Waals surface area contributed by atoms with Gasteiger partial charge in [0.25, 0.3) is 0 Å². The molecule has 0 aliphatic carbocycles. The first-order valence-electron chi connectivity index (χ1n) is 6.30. The van der Waals surface area contributed by atoms with Gasteiger partial charge in [-0.1, -0.05) is 13.8 Å². The molecule has 0 bridgehead atoms. The third kappa shape index (κ3) is 3.78. The minimum Gasteiger partial charge on any atom is -0.355 e. The fraction of sp³-hybridized carbons (Fsp3) is 0.923. The molecule has 2 unspecified atom stereocenters. The Labute approximate surface area is 99.6 Å². The number of nitrogens with one attached hydrogen (secondary N) is 1. The number of hydrogen-bond donors (Lipinski definition) is 1. The van der Waals surface area contributed by atoms with Crippen LogP contribution in [-0.4, -0.2) is 36.0 Å². The molecule has 1 N–H and O–H groups in total. The molecule has 3 heteroatoms. The molecule has 0 radical (unpaired) electrons. The van der Waals surface area contributed by atoms with Crippen LogP contribution in [0.15, 0.2) is 0 Å². The lowest BCUT2D eigenvalue weighted by Crippen LogP contribution is -2.55. The predicted octanol–water partition coefficient (Wildman–Crippen LogP) is 1.88. The fourth-order valence-electron chi connectivity index (χ4n) is 2.61. The zero-order valence-electron chi connectivity index (χ0n) is 11.3. The molecule has 1 aliphatic rings. The van der Waals surface area contributed by atoms with Crippen LogP contribution >= 0.6 is 0 Å². The van der Waals surface area contributed by atoms with Gasteiger partial charge in [-0.15, -0.1) is 0 Å². The van der Waals surface area contributed by atoms with Crippen LogP contribution in [0.1, 0.15) is 41.0 Å². The van der Waals surface area contributed by atoms with E-state index in [2.05, 4.69) is 37.9 Å². The standard InChI is InChI=1S/C13H26N2O/c1-10-6-11(2)8-15(7-10)13(4,5)9-14-12(3)16/h10-11H,6-9H2,1-5H3,(H,14,16). The molecule has 1 aliphatic heterocycles. The van der Waals surface area contributed by atoms with Crippen molar-refractivity contribution in [3.8, 4) is 0 Å². The van der Waals surface area contributed by atoms with E-state index in [1.807, 2.05) is 0 Å². The molecule has 1 saturated heterocycles. The number of amides is 1. The average molecular weight is 226 g/mol. The van der Waals surface area contributed by atoms with E-state index in [-0.39, 0.29) is 11.4 Å². The number of carbonyl (C=O) groups is 1. The van der Waals surface area contributed by atoms with Crippen molar-refractivity contribution >= 4 is 5.91 Å². The van der Waals surface area contributed by atoms with E-state index in [1.165, 1.54) is 6.42 Å². The molecule has 0 aromatic carbocycles. The summed E-state index contributed by atoms with van der Waals surface area (Å²) in [6, 6.07) is 0. The van der Waals surface area contributed by atoms with E-state index in [1.54, 1.807) is 6.92 Å². The summed E-state index contributed by atoms with van der Waals surface area (Å²) in [6.07, 6.45) is 1.33. The second-order valence-corrected chi connectivity index (χ2v) is 6.07. The molecule has 1 heterocycles. The Balaban J connectivity index is 2.56. The van der Waals surface area contributed by atoms with Gasteiger partial charge in [0.15, 0.2) is 0 Å². The molecule has 2 atom stereocenters. The highest BCUT2D eigenvalue weighted by Gasteiger charge is 2.32. The summed E-state index contributed by atoms with van der Waals surface area (Å²) >= 11 is 0. The highest BCUT2D eigenvalue weighted by atomic mass is 16.1. The number of rotatable bonds is 3. The first kappa shape index (κ1) is 13.5. The second-order valence-electron chi connectivity index (χ2n) is 6.07. The normalized spacial score (nSPS) is 27.8. The summed E-state index contributed by atoms with van der Waals surface area (Å²) in [5.41, 5.74) is 0.0641. The van der Waals surface area contributed by atoms with Crippen LogP contribution in [0.25, 0.3) is 0 Å². The van der Waals surface area contributed by atoms with Gasteiger partial charge in [0.05, 0.1) is 0 Å². The summed E-state index contributed by atoms with van der Waals surface area (Å²) in [5.74, 6) is 1.59. The summed E-state index contributed by atoms with van der Waals surface area (Å²) in [5, 5.41) is 2.93. The van der Waals surface area contributed by atoms with Crippen LogP contribution in [0.2, 0.25) is 0 Å². The van der Waals surface area contributed by atoms with Gasteiger partial charge in [-0.3, -0.25) is 9.69 Å². The van der Waals surface area contributed by atoms with Gasteiger partial charge < -0.3 is 5.32 Å². The molecule has 0 spiro atoms. The van der Waals surface area contributed by atoms with Crippen molar-refractivity contribution < 1.29 is 4.79 Å². The number of hydrogen-bond acceptors (Lipinski definition) is 2. The molecule has 3 nitrogen and oxygen atoms in total. The van der Waals surface area contributed by atoms with Gasteiger partial charge in [-0.05, 0) is 32.1 Å². The zero-order valence-corrected chi connectivity index (χ0v) is 11.3. The Morgan fingerprint density at radius 3 is 2.25 bits per heavy atom. The topological polar surface area (TPSA) is 32.3 Å². The highest BCUT2D eigenvalue weighted by Crippen LogP contribution is 2.26. The minimum atomic E-state index is 0.0613. The summed E-state index contributed by atoms with van der Waals surface area (Å²) in [6.45, 7) is 13.7. The van der Waals surface area contributed by atoms with Crippen LogP contribution in [-0.2, 0) is 4.79 Å². The molecule has 0 saturated carbocycles. The van der Waals surface area contributed by atoms with Crippen molar-refractivity contribution in [3.63, 3.8) is 0 Å². The molecular weight excluding hydrogens is 200 g/mol. The van der Waals surface area contributed by atoms with E-state index < -0.39 is 0 Å². The van der Waals surface area contributed by atoms with Crippen molar-refractivity contribution in [2.24, 2.45) is 11.8 Å². The van der Waals surface area contributed by atoms with Crippen LogP contribution in [0.3, 0.4) is 0 Å². The van der Waals surface area contributed by atoms with Crippen LogP contribution in [0.5, 0.6) is 0 Å². The monoisotopic (exact) mass is 226 g/mol.